The smallest absolute Gasteiger partial charge is 0.315 e. The number of fused-ring (bicyclic) bond motifs is 1. The van der Waals surface area contributed by atoms with E-state index >= 15 is 0 Å². The second-order valence-electron chi connectivity index (χ2n) is 6.94. The first-order valence-corrected chi connectivity index (χ1v) is 9.15. The quantitative estimate of drug-likeness (QED) is 0.885. The van der Waals surface area contributed by atoms with Gasteiger partial charge in [0.05, 0.1) is 12.6 Å². The molecule has 1 saturated heterocycles. The van der Waals surface area contributed by atoms with Gasteiger partial charge in [-0.15, -0.1) is 0 Å². The number of urea groups is 1. The van der Waals surface area contributed by atoms with E-state index in [2.05, 4.69) is 17.6 Å². The van der Waals surface area contributed by atoms with E-state index in [1.165, 1.54) is 0 Å². The van der Waals surface area contributed by atoms with Gasteiger partial charge in [-0.25, -0.2) is 4.79 Å². The highest BCUT2D eigenvalue weighted by Gasteiger charge is 2.29. The molecule has 2 aliphatic heterocycles. The maximum atomic E-state index is 12.6. The highest BCUT2D eigenvalue weighted by atomic mass is 16.5. The molecule has 136 valence electrons. The fourth-order valence-electron chi connectivity index (χ4n) is 3.62. The van der Waals surface area contributed by atoms with Crippen LogP contribution in [0.4, 0.5) is 4.79 Å². The summed E-state index contributed by atoms with van der Waals surface area (Å²) in [6.07, 6.45) is 3.95. The number of hydrogen-bond donors (Lipinski definition) is 2. The van der Waals surface area contributed by atoms with E-state index in [0.717, 1.165) is 43.5 Å². The molecule has 0 saturated carbocycles. The van der Waals surface area contributed by atoms with E-state index in [0.29, 0.717) is 6.61 Å². The summed E-state index contributed by atoms with van der Waals surface area (Å²) in [6, 6.07) is 7.03. The van der Waals surface area contributed by atoms with Crippen molar-refractivity contribution in [1.29, 1.82) is 0 Å². The van der Waals surface area contributed by atoms with Crippen LogP contribution >= 0.6 is 0 Å². The number of rotatable bonds is 3. The van der Waals surface area contributed by atoms with E-state index in [9.17, 15) is 9.59 Å². The van der Waals surface area contributed by atoms with Crippen LogP contribution in [0.25, 0.3) is 0 Å². The summed E-state index contributed by atoms with van der Waals surface area (Å²) in [7, 11) is 0. The van der Waals surface area contributed by atoms with Crippen molar-refractivity contribution < 1.29 is 14.3 Å². The summed E-state index contributed by atoms with van der Waals surface area (Å²) in [5, 5.41) is 5.77. The molecule has 0 aromatic heterocycles. The number of hydrogen-bond acceptors (Lipinski definition) is 3. The summed E-state index contributed by atoms with van der Waals surface area (Å²) in [6.45, 7) is 5.17. The highest BCUT2D eigenvalue weighted by Crippen LogP contribution is 2.31. The number of likely N-dealkylation sites (tertiary alicyclic amines) is 1. The lowest BCUT2D eigenvalue weighted by atomic mass is 10.0. The van der Waals surface area contributed by atoms with Crippen molar-refractivity contribution in [2.75, 3.05) is 13.2 Å². The molecule has 1 aromatic carbocycles. The van der Waals surface area contributed by atoms with Gasteiger partial charge in [-0.3, -0.25) is 4.79 Å². The van der Waals surface area contributed by atoms with E-state index in [1.807, 2.05) is 29.2 Å². The average molecular weight is 345 g/mol. The summed E-state index contributed by atoms with van der Waals surface area (Å²) < 4.78 is 5.61. The zero-order valence-corrected chi connectivity index (χ0v) is 15.0. The Bertz CT molecular complexity index is 634. The van der Waals surface area contributed by atoms with Gasteiger partial charge in [0.1, 0.15) is 11.8 Å². The van der Waals surface area contributed by atoms with Gasteiger partial charge in [0.2, 0.25) is 5.91 Å². The number of nitrogens with zero attached hydrogens (tertiary/aromatic N) is 1. The standard InChI is InChI=1S/C19H27N3O3/c1-13-7-5-6-11-22(13)18(23)14(2)20-19(24)21-16-10-12-25-17-9-4-3-8-15(16)17/h3-4,8-9,13-14,16H,5-7,10-12H2,1-2H3,(H2,20,21,24)/t13-,14+,16+/m1/s1. The summed E-state index contributed by atoms with van der Waals surface area (Å²) in [4.78, 5) is 26.9. The van der Waals surface area contributed by atoms with Crippen molar-refractivity contribution in [2.24, 2.45) is 0 Å². The topological polar surface area (TPSA) is 70.7 Å². The molecule has 0 aliphatic carbocycles. The fourth-order valence-corrected chi connectivity index (χ4v) is 3.62. The number of benzene rings is 1. The van der Waals surface area contributed by atoms with Crippen LogP contribution in [-0.4, -0.2) is 42.1 Å². The van der Waals surface area contributed by atoms with Crippen LogP contribution in [0.3, 0.4) is 0 Å². The maximum Gasteiger partial charge on any atom is 0.315 e. The third kappa shape index (κ3) is 4.06. The summed E-state index contributed by atoms with van der Waals surface area (Å²) >= 11 is 0. The third-order valence-electron chi connectivity index (χ3n) is 5.07. The lowest BCUT2D eigenvalue weighted by molar-refractivity contribution is -0.136. The van der Waals surface area contributed by atoms with Gasteiger partial charge in [0.25, 0.3) is 0 Å². The van der Waals surface area contributed by atoms with Crippen molar-refractivity contribution in [1.82, 2.24) is 15.5 Å². The van der Waals surface area contributed by atoms with Crippen molar-refractivity contribution in [3.05, 3.63) is 29.8 Å². The van der Waals surface area contributed by atoms with Crippen molar-refractivity contribution in [3.63, 3.8) is 0 Å². The Labute approximate surface area is 148 Å². The largest absolute Gasteiger partial charge is 0.493 e. The molecule has 3 amide bonds. The van der Waals surface area contributed by atoms with Crippen molar-refractivity contribution in [3.8, 4) is 5.75 Å². The molecule has 1 fully saturated rings. The number of amides is 3. The molecule has 3 atom stereocenters. The zero-order valence-electron chi connectivity index (χ0n) is 15.0. The molecule has 1 aromatic rings. The first kappa shape index (κ1) is 17.6. The lowest BCUT2D eigenvalue weighted by Crippen LogP contribution is -2.53. The Morgan fingerprint density at radius 3 is 2.84 bits per heavy atom. The van der Waals surface area contributed by atoms with Crippen LogP contribution in [0.2, 0.25) is 0 Å². The predicted octanol–water partition coefficient (Wildman–Crippen LogP) is 2.60. The summed E-state index contributed by atoms with van der Waals surface area (Å²) in [5.74, 6) is 0.806. The van der Waals surface area contributed by atoms with Crippen LogP contribution in [0.15, 0.2) is 24.3 Å². The molecule has 0 unspecified atom stereocenters. The van der Waals surface area contributed by atoms with Crippen LogP contribution in [0.1, 0.15) is 51.1 Å². The number of ether oxygens (including phenoxy) is 1. The number of carbonyl (C=O) groups excluding carboxylic acids is 2. The minimum absolute atomic E-state index is 0.00488. The number of nitrogens with one attached hydrogen (secondary N) is 2. The number of piperidine rings is 1. The SMILES string of the molecule is C[C@H](NC(=O)N[C@H]1CCOc2ccccc21)C(=O)N1CCCC[C@H]1C. The Kier molecular flexibility index (Phi) is 5.46. The minimum Gasteiger partial charge on any atom is -0.493 e. The monoisotopic (exact) mass is 345 g/mol. The van der Waals surface area contributed by atoms with Crippen molar-refractivity contribution >= 4 is 11.9 Å². The molecule has 3 rings (SSSR count). The second-order valence-corrected chi connectivity index (χ2v) is 6.94. The molecule has 6 nitrogen and oxygen atoms in total. The Morgan fingerprint density at radius 1 is 1.24 bits per heavy atom. The third-order valence-corrected chi connectivity index (χ3v) is 5.07. The van der Waals surface area contributed by atoms with E-state index in [1.54, 1.807) is 6.92 Å². The molecular weight excluding hydrogens is 318 g/mol. The molecule has 0 radical (unpaired) electrons. The van der Waals surface area contributed by atoms with Gasteiger partial charge in [0.15, 0.2) is 0 Å². The van der Waals surface area contributed by atoms with Crippen molar-refractivity contribution in [2.45, 2.75) is 57.7 Å². The minimum atomic E-state index is -0.532. The Morgan fingerprint density at radius 2 is 2.04 bits per heavy atom. The molecular formula is C19H27N3O3. The Balaban J connectivity index is 1.56. The van der Waals surface area contributed by atoms with E-state index in [4.69, 9.17) is 4.74 Å². The van der Waals surface area contributed by atoms with Crippen LogP contribution in [0.5, 0.6) is 5.75 Å². The number of carbonyl (C=O) groups is 2. The van der Waals surface area contributed by atoms with E-state index < -0.39 is 6.04 Å². The maximum absolute atomic E-state index is 12.6. The van der Waals surface area contributed by atoms with Crippen LogP contribution in [-0.2, 0) is 4.79 Å². The Hall–Kier alpha value is -2.24. The zero-order chi connectivity index (χ0) is 17.8. The molecule has 6 heteroatoms. The molecule has 2 heterocycles. The van der Waals surface area contributed by atoms with Gasteiger partial charge in [-0.2, -0.15) is 0 Å². The molecule has 25 heavy (non-hydrogen) atoms. The second kappa shape index (κ2) is 7.76. The van der Waals surface area contributed by atoms with Crippen LogP contribution in [0, 0.1) is 0 Å². The highest BCUT2D eigenvalue weighted by molar-refractivity contribution is 5.87. The molecule has 0 spiro atoms. The molecule has 2 N–H and O–H groups in total. The normalized spacial score (nSPS) is 23.8. The van der Waals surface area contributed by atoms with Gasteiger partial charge in [-0.1, -0.05) is 18.2 Å². The summed E-state index contributed by atoms with van der Waals surface area (Å²) in [5.41, 5.74) is 0.979. The fraction of sp³-hybridized carbons (Fsp3) is 0.579. The average Bonchev–Trinajstić information content (AvgIpc) is 2.62. The molecule has 0 bridgehead atoms. The first-order chi connectivity index (χ1) is 12.1. The predicted molar refractivity (Wildman–Crippen MR) is 95.5 cm³/mol. The van der Waals surface area contributed by atoms with Crippen LogP contribution < -0.4 is 15.4 Å². The van der Waals surface area contributed by atoms with Gasteiger partial charge >= 0.3 is 6.03 Å². The number of para-hydroxylation sites is 1. The van der Waals surface area contributed by atoms with Gasteiger partial charge in [0, 0.05) is 24.6 Å². The first-order valence-electron chi connectivity index (χ1n) is 9.15. The van der Waals surface area contributed by atoms with Gasteiger partial charge < -0.3 is 20.3 Å². The lowest BCUT2D eigenvalue weighted by Gasteiger charge is -2.35. The van der Waals surface area contributed by atoms with E-state index in [-0.39, 0.29) is 24.0 Å². The molecule has 2 aliphatic rings. The van der Waals surface area contributed by atoms with Gasteiger partial charge in [-0.05, 0) is 39.2 Å².